The van der Waals surface area contributed by atoms with Gasteiger partial charge in [-0.25, -0.2) is 10.4 Å². The molecular formula is C20H24N4O2S. The number of amides is 2. The molecule has 2 fully saturated rings. The largest absolute Gasteiger partial charge is 0.351 e. The van der Waals surface area contributed by atoms with E-state index in [4.69, 9.17) is 0 Å². The summed E-state index contributed by atoms with van der Waals surface area (Å²) in [7, 11) is 0. The molecule has 1 aromatic heterocycles. The number of thiophene rings is 1. The molecule has 0 spiro atoms. The molecule has 0 bridgehead atoms. The maximum absolute atomic E-state index is 13.0. The van der Waals surface area contributed by atoms with E-state index in [2.05, 4.69) is 22.6 Å². The average molecular weight is 385 g/mol. The number of hydrogen-bond donors (Lipinski definition) is 2. The van der Waals surface area contributed by atoms with E-state index < -0.39 is 0 Å². The van der Waals surface area contributed by atoms with Gasteiger partial charge in [0, 0.05) is 18.0 Å². The molecule has 142 valence electrons. The van der Waals surface area contributed by atoms with Gasteiger partial charge in [0.05, 0.1) is 30.1 Å². The Morgan fingerprint density at radius 1 is 1.22 bits per heavy atom. The van der Waals surface area contributed by atoms with Crippen LogP contribution in [0.3, 0.4) is 0 Å². The summed E-state index contributed by atoms with van der Waals surface area (Å²) in [5.41, 5.74) is 4.14. The molecule has 2 aliphatic heterocycles. The Kier molecular flexibility index (Phi) is 5.24. The fourth-order valence-corrected chi connectivity index (χ4v) is 4.57. The minimum atomic E-state index is -0.263. The second-order valence-electron chi connectivity index (χ2n) is 7.03. The molecule has 0 radical (unpaired) electrons. The number of nitrogens with one attached hydrogen (secondary N) is 2. The van der Waals surface area contributed by atoms with E-state index in [9.17, 15) is 9.59 Å². The van der Waals surface area contributed by atoms with Crippen LogP contribution in [0.1, 0.15) is 11.8 Å². The molecule has 2 amide bonds. The minimum absolute atomic E-state index is 0.00626. The number of piperidine rings is 1. The Morgan fingerprint density at radius 3 is 2.74 bits per heavy atom. The summed E-state index contributed by atoms with van der Waals surface area (Å²) >= 11 is 1.63. The van der Waals surface area contributed by atoms with Gasteiger partial charge in [-0.2, -0.15) is 0 Å². The van der Waals surface area contributed by atoms with Crippen LogP contribution in [0.5, 0.6) is 0 Å². The second-order valence-corrected chi connectivity index (χ2v) is 8.06. The Hall–Kier alpha value is -2.22. The third kappa shape index (κ3) is 3.63. The Balaban J connectivity index is 1.52. The second kappa shape index (κ2) is 7.80. The molecule has 2 N–H and O–H groups in total. The van der Waals surface area contributed by atoms with E-state index in [1.807, 2.05) is 47.8 Å². The highest BCUT2D eigenvalue weighted by molar-refractivity contribution is 7.09. The summed E-state index contributed by atoms with van der Waals surface area (Å²) in [5.74, 6) is -0.426. The standard InChI is InChI=1S/C20H24N4O2S/c1-2-23-12-16(19(25)21-11-15-9-6-10-27-15)18-17(13-23)20(26)24(22-18)14-7-4-3-5-8-14/h3-10,16-18,22H,2,11-13H2,1H3,(H,21,25). The summed E-state index contributed by atoms with van der Waals surface area (Å²) in [5, 5.41) is 6.68. The number of likely N-dealkylation sites (tertiary alicyclic amines) is 1. The molecule has 2 aliphatic rings. The first-order chi connectivity index (χ1) is 13.2. The van der Waals surface area contributed by atoms with Crippen molar-refractivity contribution < 1.29 is 9.59 Å². The number of hydrazine groups is 1. The first-order valence-corrected chi connectivity index (χ1v) is 10.2. The van der Waals surface area contributed by atoms with E-state index in [-0.39, 0.29) is 29.7 Å². The zero-order valence-electron chi connectivity index (χ0n) is 15.3. The molecule has 1 aromatic carbocycles. The predicted octanol–water partition coefficient (Wildman–Crippen LogP) is 1.85. The highest BCUT2D eigenvalue weighted by atomic mass is 32.1. The normalized spacial score (nSPS) is 25.4. The van der Waals surface area contributed by atoms with E-state index in [1.54, 1.807) is 16.3 Å². The summed E-state index contributed by atoms with van der Waals surface area (Å²) in [6.07, 6.45) is 0. The molecule has 3 heterocycles. The van der Waals surface area contributed by atoms with E-state index in [0.29, 0.717) is 19.6 Å². The van der Waals surface area contributed by atoms with Crippen molar-refractivity contribution in [2.75, 3.05) is 24.6 Å². The maximum atomic E-state index is 13.0. The fraction of sp³-hybridized carbons (Fsp3) is 0.400. The Morgan fingerprint density at radius 2 is 2.04 bits per heavy atom. The average Bonchev–Trinajstić information content (AvgIpc) is 3.34. The number of anilines is 1. The van der Waals surface area contributed by atoms with Crippen LogP contribution in [-0.4, -0.2) is 42.4 Å². The van der Waals surface area contributed by atoms with Crippen LogP contribution in [0.4, 0.5) is 5.69 Å². The lowest BCUT2D eigenvalue weighted by molar-refractivity contribution is -0.129. The molecule has 0 aliphatic carbocycles. The van der Waals surface area contributed by atoms with Crippen LogP contribution < -0.4 is 15.8 Å². The van der Waals surface area contributed by atoms with Gasteiger partial charge in [-0.1, -0.05) is 31.2 Å². The van der Waals surface area contributed by atoms with Gasteiger partial charge < -0.3 is 10.2 Å². The number of carbonyl (C=O) groups is 2. The van der Waals surface area contributed by atoms with Crippen LogP contribution in [0.25, 0.3) is 0 Å². The molecular weight excluding hydrogens is 360 g/mol. The van der Waals surface area contributed by atoms with Crippen molar-refractivity contribution in [3.05, 3.63) is 52.7 Å². The van der Waals surface area contributed by atoms with Crippen LogP contribution in [0.2, 0.25) is 0 Å². The molecule has 27 heavy (non-hydrogen) atoms. The van der Waals surface area contributed by atoms with E-state index in [0.717, 1.165) is 17.1 Å². The summed E-state index contributed by atoms with van der Waals surface area (Å²) in [6, 6.07) is 13.4. The van der Waals surface area contributed by atoms with Crippen molar-refractivity contribution in [2.45, 2.75) is 19.5 Å². The topological polar surface area (TPSA) is 64.7 Å². The smallest absolute Gasteiger partial charge is 0.247 e. The van der Waals surface area contributed by atoms with Crippen molar-refractivity contribution in [3.8, 4) is 0 Å². The number of carbonyl (C=O) groups excluding carboxylic acids is 2. The first kappa shape index (κ1) is 18.2. The lowest BCUT2D eigenvalue weighted by atomic mass is 9.84. The van der Waals surface area contributed by atoms with Crippen LogP contribution in [-0.2, 0) is 16.1 Å². The number of rotatable bonds is 5. The summed E-state index contributed by atoms with van der Waals surface area (Å²) in [4.78, 5) is 29.3. The quantitative estimate of drug-likeness (QED) is 0.826. The van der Waals surface area contributed by atoms with Crippen molar-refractivity contribution in [3.63, 3.8) is 0 Å². The lowest BCUT2D eigenvalue weighted by Crippen LogP contribution is -2.56. The Bertz CT molecular complexity index is 796. The highest BCUT2D eigenvalue weighted by Gasteiger charge is 2.50. The van der Waals surface area contributed by atoms with E-state index >= 15 is 0 Å². The lowest BCUT2D eigenvalue weighted by Gasteiger charge is -2.37. The first-order valence-electron chi connectivity index (χ1n) is 9.35. The molecule has 0 saturated carbocycles. The zero-order chi connectivity index (χ0) is 18.8. The SMILES string of the molecule is CCN1CC(C(=O)NCc2cccs2)C2NN(c3ccccc3)C(=O)C2C1. The number of nitrogens with zero attached hydrogens (tertiary/aromatic N) is 2. The number of hydrogen-bond acceptors (Lipinski definition) is 5. The highest BCUT2D eigenvalue weighted by Crippen LogP contribution is 2.31. The Labute approximate surface area is 163 Å². The van der Waals surface area contributed by atoms with Crippen molar-refractivity contribution in [2.24, 2.45) is 11.8 Å². The summed E-state index contributed by atoms with van der Waals surface area (Å²) in [6.45, 7) is 4.79. The van der Waals surface area contributed by atoms with Gasteiger partial charge in [0.25, 0.3) is 0 Å². The van der Waals surface area contributed by atoms with Gasteiger partial charge >= 0.3 is 0 Å². The van der Waals surface area contributed by atoms with Crippen molar-refractivity contribution in [1.29, 1.82) is 0 Å². The molecule has 2 saturated heterocycles. The molecule has 7 heteroatoms. The van der Waals surface area contributed by atoms with Gasteiger partial charge in [-0.05, 0) is 30.1 Å². The van der Waals surface area contributed by atoms with Crippen LogP contribution >= 0.6 is 11.3 Å². The van der Waals surface area contributed by atoms with Gasteiger partial charge in [0.15, 0.2) is 0 Å². The number of para-hydroxylation sites is 1. The maximum Gasteiger partial charge on any atom is 0.247 e. The van der Waals surface area contributed by atoms with Gasteiger partial charge in [-0.3, -0.25) is 9.59 Å². The third-order valence-corrected chi connectivity index (χ3v) is 6.28. The summed E-state index contributed by atoms with van der Waals surface area (Å²) < 4.78 is 0. The molecule has 3 unspecified atom stereocenters. The predicted molar refractivity (Wildman–Crippen MR) is 106 cm³/mol. The molecule has 3 atom stereocenters. The number of benzene rings is 1. The van der Waals surface area contributed by atoms with Crippen molar-refractivity contribution in [1.82, 2.24) is 15.6 Å². The van der Waals surface area contributed by atoms with E-state index in [1.165, 1.54) is 0 Å². The van der Waals surface area contributed by atoms with Gasteiger partial charge in [0.2, 0.25) is 11.8 Å². The molecule has 6 nitrogen and oxygen atoms in total. The van der Waals surface area contributed by atoms with Crippen LogP contribution in [0.15, 0.2) is 47.8 Å². The number of fused-ring (bicyclic) bond motifs is 1. The zero-order valence-corrected chi connectivity index (χ0v) is 16.1. The monoisotopic (exact) mass is 384 g/mol. The molecule has 2 aromatic rings. The van der Waals surface area contributed by atoms with Crippen LogP contribution in [0, 0.1) is 11.8 Å². The minimum Gasteiger partial charge on any atom is -0.351 e. The third-order valence-electron chi connectivity index (χ3n) is 5.41. The van der Waals surface area contributed by atoms with Gasteiger partial charge in [0.1, 0.15) is 0 Å². The molecule has 4 rings (SSSR count). The fourth-order valence-electron chi connectivity index (χ4n) is 3.93. The van der Waals surface area contributed by atoms with Gasteiger partial charge in [-0.15, -0.1) is 11.3 Å². The van der Waals surface area contributed by atoms with Crippen molar-refractivity contribution >= 4 is 28.8 Å².